The maximum atomic E-state index is 14.5. The van der Waals surface area contributed by atoms with E-state index in [1.165, 1.54) is 5.57 Å². The summed E-state index contributed by atoms with van der Waals surface area (Å²) in [6.45, 7) is 3.41. The number of aliphatic hydroxyl groups excluding tert-OH is 1. The van der Waals surface area contributed by atoms with E-state index in [2.05, 4.69) is 32.6 Å². The van der Waals surface area contributed by atoms with Crippen LogP contribution in [0.15, 0.2) is 52.4 Å². The molecule has 1 fully saturated rings. The summed E-state index contributed by atoms with van der Waals surface area (Å²) in [5, 5.41) is 14.1. The minimum atomic E-state index is -0.387. The predicted molar refractivity (Wildman–Crippen MR) is 124 cm³/mol. The first-order valence-corrected chi connectivity index (χ1v) is 11.4. The highest BCUT2D eigenvalue weighted by molar-refractivity contribution is 6.20. The molecule has 0 spiro atoms. The minimum Gasteiger partial charge on any atom is -0.389 e. The number of carbonyl (C=O) groups is 1. The highest BCUT2D eigenvalue weighted by Gasteiger charge is 2.33. The van der Waals surface area contributed by atoms with Gasteiger partial charge in [0.2, 0.25) is 5.91 Å². The number of fused-ring (bicyclic) bond motifs is 2. The maximum absolute atomic E-state index is 14.5. The molecule has 4 heterocycles. The number of likely N-dealkylation sites (tertiary alicyclic amines) is 1. The van der Waals surface area contributed by atoms with Crippen molar-refractivity contribution in [1.82, 2.24) is 20.1 Å². The van der Waals surface area contributed by atoms with Crippen molar-refractivity contribution in [2.45, 2.75) is 12.5 Å². The number of hydrogen-bond donors (Lipinski definition) is 2. The molecule has 170 valence electrons. The fourth-order valence-electron chi connectivity index (χ4n) is 5.24. The Bertz CT molecular complexity index is 1210. The van der Waals surface area contributed by atoms with E-state index in [9.17, 15) is 14.3 Å². The van der Waals surface area contributed by atoms with Crippen molar-refractivity contribution >= 4 is 23.3 Å². The summed E-state index contributed by atoms with van der Waals surface area (Å²) in [6.07, 6.45) is 8.59. The Hall–Kier alpha value is -3.23. The van der Waals surface area contributed by atoms with E-state index in [0.717, 1.165) is 52.2 Å². The van der Waals surface area contributed by atoms with Crippen LogP contribution >= 0.6 is 0 Å². The van der Waals surface area contributed by atoms with E-state index in [1.807, 2.05) is 19.2 Å². The van der Waals surface area contributed by atoms with E-state index in [1.54, 1.807) is 17.0 Å². The summed E-state index contributed by atoms with van der Waals surface area (Å²) in [5.74, 6) is -0.197. The second kappa shape index (κ2) is 7.67. The van der Waals surface area contributed by atoms with Crippen LogP contribution in [0.4, 0.5) is 4.39 Å². The van der Waals surface area contributed by atoms with Crippen LogP contribution in [0.25, 0.3) is 11.6 Å². The maximum Gasteiger partial charge on any atom is 0.236 e. The van der Waals surface area contributed by atoms with Gasteiger partial charge in [0.15, 0.2) is 0 Å². The quantitative estimate of drug-likeness (QED) is 0.736. The van der Waals surface area contributed by atoms with Crippen molar-refractivity contribution < 1.29 is 14.3 Å². The molecule has 2 N–H and O–H groups in total. The summed E-state index contributed by atoms with van der Waals surface area (Å²) in [5.41, 5.74) is 10.9. The molecule has 0 radical (unpaired) electrons. The highest BCUT2D eigenvalue weighted by atomic mass is 19.1. The number of hydrazone groups is 1. The van der Waals surface area contributed by atoms with Gasteiger partial charge in [-0.2, -0.15) is 5.10 Å². The SMILES string of the molecule is CN1C=C2C(=C(C3=CCCN(CC(=O)N4CC(O)C4)C3)C1)NN=C1C=Cc3cc(F)cc2c31. The van der Waals surface area contributed by atoms with Crippen molar-refractivity contribution in [1.29, 1.82) is 0 Å². The number of rotatable bonds is 3. The fourth-order valence-corrected chi connectivity index (χ4v) is 5.24. The molecule has 1 aromatic rings. The first-order valence-electron chi connectivity index (χ1n) is 11.4. The summed E-state index contributed by atoms with van der Waals surface area (Å²) in [4.78, 5) is 18.5. The molecule has 1 saturated heterocycles. The van der Waals surface area contributed by atoms with Crippen molar-refractivity contribution in [3.63, 3.8) is 0 Å². The lowest BCUT2D eigenvalue weighted by atomic mass is 9.88. The number of aliphatic hydroxyl groups is 1. The van der Waals surface area contributed by atoms with Crippen molar-refractivity contribution in [2.75, 3.05) is 46.3 Å². The first-order chi connectivity index (χ1) is 16.0. The molecular weight excluding hydrogens is 421 g/mol. The molecule has 0 atom stereocenters. The molecule has 0 unspecified atom stereocenters. The molecule has 4 aliphatic heterocycles. The Balaban J connectivity index is 1.33. The van der Waals surface area contributed by atoms with Crippen LogP contribution < -0.4 is 5.43 Å². The van der Waals surface area contributed by atoms with Gasteiger partial charge in [-0.05, 0) is 41.3 Å². The van der Waals surface area contributed by atoms with Crippen molar-refractivity contribution in [3.8, 4) is 0 Å². The first kappa shape index (κ1) is 20.4. The molecule has 1 aliphatic carbocycles. The Morgan fingerprint density at radius 2 is 2.12 bits per heavy atom. The number of hydrogen-bond acceptors (Lipinski definition) is 6. The Morgan fingerprint density at radius 1 is 1.27 bits per heavy atom. The molecule has 0 saturated carbocycles. The lowest BCUT2D eigenvalue weighted by molar-refractivity contribution is -0.142. The zero-order chi connectivity index (χ0) is 22.7. The fraction of sp³-hybridized carbons (Fsp3) is 0.360. The standard InChI is InChI=1S/C25H26FN5O2/c1-29-12-20(16-3-2-6-30(9-16)14-23(33)31-10-18(32)11-31)25-21(13-29)19-8-17(26)7-15-4-5-22(24(15)19)27-28-25/h3-5,7-8,13,18,28,32H,2,6,9-12,14H2,1H3. The smallest absolute Gasteiger partial charge is 0.236 e. The molecule has 1 amide bonds. The van der Waals surface area contributed by atoms with Crippen molar-refractivity contribution in [2.24, 2.45) is 5.10 Å². The largest absolute Gasteiger partial charge is 0.389 e. The zero-order valence-corrected chi connectivity index (χ0v) is 18.5. The number of likely N-dealkylation sites (N-methyl/N-ethyl adjacent to an activating group) is 1. The van der Waals surface area contributed by atoms with Gasteiger partial charge in [0.25, 0.3) is 0 Å². The average molecular weight is 448 g/mol. The van der Waals surface area contributed by atoms with Gasteiger partial charge in [-0.15, -0.1) is 0 Å². The van der Waals surface area contributed by atoms with Crippen LogP contribution in [0, 0.1) is 5.82 Å². The Kier molecular flexibility index (Phi) is 4.74. The van der Waals surface area contributed by atoms with Gasteiger partial charge in [0.05, 0.1) is 24.1 Å². The van der Waals surface area contributed by atoms with Gasteiger partial charge in [-0.3, -0.25) is 15.1 Å². The number of nitrogens with one attached hydrogen (secondary N) is 1. The highest BCUT2D eigenvalue weighted by Crippen LogP contribution is 2.39. The Labute approximate surface area is 191 Å². The number of halogens is 1. The van der Waals surface area contributed by atoms with Crippen LogP contribution in [0.3, 0.4) is 0 Å². The molecule has 0 bridgehead atoms. The second-order valence-corrected chi connectivity index (χ2v) is 9.35. The summed E-state index contributed by atoms with van der Waals surface area (Å²) < 4.78 is 14.5. The number of nitrogens with zero attached hydrogens (tertiary/aromatic N) is 4. The lowest BCUT2D eigenvalue weighted by Gasteiger charge is -2.38. The van der Waals surface area contributed by atoms with Gasteiger partial charge in [0, 0.05) is 62.7 Å². The molecule has 5 aliphatic rings. The third-order valence-electron chi connectivity index (χ3n) is 6.91. The molecule has 6 rings (SSSR count). The molecule has 1 aromatic carbocycles. The number of amides is 1. The zero-order valence-electron chi connectivity index (χ0n) is 18.5. The Morgan fingerprint density at radius 3 is 2.94 bits per heavy atom. The molecule has 33 heavy (non-hydrogen) atoms. The van der Waals surface area contributed by atoms with E-state index >= 15 is 0 Å². The predicted octanol–water partition coefficient (Wildman–Crippen LogP) is 1.54. The van der Waals surface area contributed by atoms with Crippen LogP contribution in [0.5, 0.6) is 0 Å². The van der Waals surface area contributed by atoms with Crippen molar-refractivity contribution in [3.05, 3.63) is 69.8 Å². The number of carbonyl (C=O) groups excluding carboxylic acids is 1. The third-order valence-corrected chi connectivity index (χ3v) is 6.91. The topological polar surface area (TPSA) is 71.4 Å². The van der Waals surface area contributed by atoms with Crippen LogP contribution in [0.2, 0.25) is 0 Å². The normalized spacial score (nSPS) is 22.1. The molecule has 7 nitrogen and oxygen atoms in total. The molecular formula is C25H26FN5O2. The number of allylic oxidation sites excluding steroid dienone is 2. The number of benzene rings is 1. The summed E-state index contributed by atoms with van der Waals surface area (Å²) >= 11 is 0. The second-order valence-electron chi connectivity index (χ2n) is 9.35. The summed E-state index contributed by atoms with van der Waals surface area (Å²) in [7, 11) is 2.02. The van der Waals surface area contributed by atoms with E-state index in [0.29, 0.717) is 32.7 Å². The number of β-amino-alcohol motifs (C(OH)–C–C–N with tert-alkyl or cyclic N) is 1. The van der Waals surface area contributed by atoms with E-state index < -0.39 is 0 Å². The van der Waals surface area contributed by atoms with Crippen LogP contribution in [-0.4, -0.2) is 83.8 Å². The van der Waals surface area contributed by atoms with Crippen LogP contribution in [-0.2, 0) is 4.79 Å². The van der Waals surface area contributed by atoms with Crippen LogP contribution in [0.1, 0.15) is 23.1 Å². The molecule has 0 aromatic heterocycles. The lowest BCUT2D eigenvalue weighted by Crippen LogP contribution is -2.56. The van der Waals surface area contributed by atoms with Gasteiger partial charge in [-0.1, -0.05) is 12.2 Å². The third kappa shape index (κ3) is 3.50. The van der Waals surface area contributed by atoms with Gasteiger partial charge in [0.1, 0.15) is 5.82 Å². The van der Waals surface area contributed by atoms with E-state index in [4.69, 9.17) is 0 Å². The monoisotopic (exact) mass is 447 g/mol. The minimum absolute atomic E-state index is 0.0632. The van der Waals surface area contributed by atoms with E-state index in [-0.39, 0.29) is 17.8 Å². The average Bonchev–Trinajstić information content (AvgIpc) is 3.10. The molecule has 8 heteroatoms. The summed E-state index contributed by atoms with van der Waals surface area (Å²) in [6, 6.07) is 3.15. The van der Waals surface area contributed by atoms with Gasteiger partial charge in [-0.25, -0.2) is 4.39 Å². The van der Waals surface area contributed by atoms with Gasteiger partial charge < -0.3 is 14.9 Å². The van der Waals surface area contributed by atoms with Gasteiger partial charge >= 0.3 is 0 Å².